The highest BCUT2D eigenvalue weighted by Gasteiger charge is 2.15. The number of aromatic nitrogens is 4. The molecule has 6 nitrogen and oxygen atoms in total. The summed E-state index contributed by atoms with van der Waals surface area (Å²) in [6.45, 7) is 0. The SMILES string of the molecule is O=C(Nc1nc(-c2ccccn2)nc2sccc12)c1ccsn1. The summed E-state index contributed by atoms with van der Waals surface area (Å²) >= 11 is 2.72. The summed E-state index contributed by atoms with van der Waals surface area (Å²) in [5.74, 6) is 0.661. The van der Waals surface area contributed by atoms with E-state index in [1.165, 1.54) is 22.9 Å². The van der Waals surface area contributed by atoms with Gasteiger partial charge in [0.05, 0.1) is 5.39 Å². The van der Waals surface area contributed by atoms with E-state index in [4.69, 9.17) is 0 Å². The number of carbonyl (C=O) groups is 1. The number of pyridine rings is 1. The molecular weight excluding hydrogens is 330 g/mol. The van der Waals surface area contributed by atoms with Gasteiger partial charge in [0, 0.05) is 11.6 Å². The van der Waals surface area contributed by atoms with E-state index in [1.54, 1.807) is 17.6 Å². The van der Waals surface area contributed by atoms with Gasteiger partial charge in [-0.2, -0.15) is 4.37 Å². The third-order valence-electron chi connectivity index (χ3n) is 3.12. The maximum atomic E-state index is 12.2. The van der Waals surface area contributed by atoms with Gasteiger partial charge in [0.2, 0.25) is 0 Å². The third kappa shape index (κ3) is 2.69. The zero-order valence-electron chi connectivity index (χ0n) is 11.6. The summed E-state index contributed by atoms with van der Waals surface area (Å²) in [5, 5.41) is 7.30. The van der Waals surface area contributed by atoms with Gasteiger partial charge in [-0.25, -0.2) is 9.97 Å². The van der Waals surface area contributed by atoms with Crippen LogP contribution in [0.3, 0.4) is 0 Å². The van der Waals surface area contributed by atoms with Crippen LogP contribution in [0, 0.1) is 0 Å². The summed E-state index contributed by atoms with van der Waals surface area (Å²) in [6.07, 6.45) is 1.69. The molecule has 23 heavy (non-hydrogen) atoms. The third-order valence-corrected chi connectivity index (χ3v) is 4.49. The second-order valence-corrected chi connectivity index (χ2v) is 6.15. The average molecular weight is 339 g/mol. The Hall–Kier alpha value is -2.71. The van der Waals surface area contributed by atoms with E-state index in [1.807, 2.05) is 29.6 Å². The number of nitrogens with one attached hydrogen (secondary N) is 1. The summed E-state index contributed by atoms with van der Waals surface area (Å²) in [7, 11) is 0. The molecule has 112 valence electrons. The molecule has 0 unspecified atom stereocenters. The first-order chi connectivity index (χ1) is 11.3. The molecule has 0 saturated heterocycles. The molecule has 0 radical (unpaired) electrons. The number of rotatable bonds is 3. The highest BCUT2D eigenvalue weighted by molar-refractivity contribution is 7.16. The Labute approximate surface area is 139 Å². The summed E-state index contributed by atoms with van der Waals surface area (Å²) < 4.78 is 4.04. The van der Waals surface area contributed by atoms with Crippen molar-refractivity contribution < 1.29 is 4.79 Å². The fourth-order valence-electron chi connectivity index (χ4n) is 2.06. The number of fused-ring (bicyclic) bond motifs is 1. The number of hydrogen-bond acceptors (Lipinski definition) is 7. The van der Waals surface area contributed by atoms with Crippen molar-refractivity contribution in [3.63, 3.8) is 0 Å². The summed E-state index contributed by atoms with van der Waals surface area (Å²) in [6, 6.07) is 9.10. The maximum Gasteiger partial charge on any atom is 0.276 e. The lowest BCUT2D eigenvalue weighted by Crippen LogP contribution is -2.14. The van der Waals surface area contributed by atoms with Crippen molar-refractivity contribution in [2.45, 2.75) is 0 Å². The van der Waals surface area contributed by atoms with E-state index in [0.717, 1.165) is 10.2 Å². The molecule has 0 bridgehead atoms. The van der Waals surface area contributed by atoms with Gasteiger partial charge in [-0.15, -0.1) is 11.3 Å². The molecule has 4 aromatic heterocycles. The van der Waals surface area contributed by atoms with Crippen molar-refractivity contribution in [3.8, 4) is 11.5 Å². The number of anilines is 1. The molecule has 0 aliphatic rings. The summed E-state index contributed by atoms with van der Waals surface area (Å²) in [4.78, 5) is 26.3. The minimum Gasteiger partial charge on any atom is -0.305 e. The zero-order valence-corrected chi connectivity index (χ0v) is 13.3. The summed E-state index contributed by atoms with van der Waals surface area (Å²) in [5.41, 5.74) is 1.03. The molecule has 0 atom stereocenters. The lowest BCUT2D eigenvalue weighted by atomic mass is 10.3. The smallest absolute Gasteiger partial charge is 0.276 e. The van der Waals surface area contributed by atoms with E-state index >= 15 is 0 Å². The number of carbonyl (C=O) groups excluding carboxylic acids is 1. The van der Waals surface area contributed by atoms with Crippen LogP contribution in [0.2, 0.25) is 0 Å². The van der Waals surface area contributed by atoms with Crippen molar-refractivity contribution >= 4 is 44.8 Å². The van der Waals surface area contributed by atoms with E-state index in [2.05, 4.69) is 24.6 Å². The number of amides is 1. The second kappa shape index (κ2) is 5.82. The molecule has 4 heterocycles. The van der Waals surface area contributed by atoms with Crippen LogP contribution in [0.15, 0.2) is 47.3 Å². The molecule has 0 aliphatic heterocycles. The second-order valence-electron chi connectivity index (χ2n) is 4.59. The minimum atomic E-state index is -0.288. The molecule has 0 spiro atoms. The van der Waals surface area contributed by atoms with E-state index in [9.17, 15) is 4.79 Å². The lowest BCUT2D eigenvalue weighted by Gasteiger charge is -2.06. The van der Waals surface area contributed by atoms with Gasteiger partial charge in [0.25, 0.3) is 5.91 Å². The van der Waals surface area contributed by atoms with Crippen molar-refractivity contribution in [3.05, 3.63) is 53.0 Å². The van der Waals surface area contributed by atoms with E-state index in [-0.39, 0.29) is 5.91 Å². The molecule has 1 amide bonds. The van der Waals surface area contributed by atoms with Crippen molar-refractivity contribution in [1.29, 1.82) is 0 Å². The number of nitrogens with zero attached hydrogens (tertiary/aromatic N) is 4. The first-order valence-electron chi connectivity index (χ1n) is 6.69. The highest BCUT2D eigenvalue weighted by atomic mass is 32.1. The fourth-order valence-corrected chi connectivity index (χ4v) is 3.33. The molecule has 0 aliphatic carbocycles. The van der Waals surface area contributed by atoms with Crippen molar-refractivity contribution in [1.82, 2.24) is 19.3 Å². The predicted molar refractivity (Wildman–Crippen MR) is 90.7 cm³/mol. The Morgan fingerprint density at radius 2 is 2.04 bits per heavy atom. The number of hydrogen-bond donors (Lipinski definition) is 1. The Bertz CT molecular complexity index is 966. The van der Waals surface area contributed by atoms with Crippen LogP contribution in [0.5, 0.6) is 0 Å². The van der Waals surface area contributed by atoms with Crippen LogP contribution in [0.25, 0.3) is 21.7 Å². The molecule has 1 N–H and O–H groups in total. The van der Waals surface area contributed by atoms with Crippen molar-refractivity contribution in [2.24, 2.45) is 0 Å². The van der Waals surface area contributed by atoms with Gasteiger partial charge in [0.15, 0.2) is 5.82 Å². The Kier molecular flexibility index (Phi) is 3.52. The molecule has 0 saturated carbocycles. The fraction of sp³-hybridized carbons (Fsp3) is 0. The van der Waals surface area contributed by atoms with Gasteiger partial charge in [-0.1, -0.05) is 6.07 Å². The van der Waals surface area contributed by atoms with Gasteiger partial charge < -0.3 is 5.32 Å². The van der Waals surface area contributed by atoms with Gasteiger partial charge >= 0.3 is 0 Å². The van der Waals surface area contributed by atoms with E-state index in [0.29, 0.717) is 23.0 Å². The standard InChI is InChI=1S/C15H9N5OS2/c21-14(11-5-8-23-20-11)18-12-9-4-7-22-15(9)19-13(17-12)10-3-1-2-6-16-10/h1-8H,(H,17,18,19,21). The van der Waals surface area contributed by atoms with E-state index < -0.39 is 0 Å². The van der Waals surface area contributed by atoms with Crippen molar-refractivity contribution in [2.75, 3.05) is 5.32 Å². The quantitative estimate of drug-likeness (QED) is 0.618. The monoisotopic (exact) mass is 339 g/mol. The first-order valence-corrected chi connectivity index (χ1v) is 8.41. The van der Waals surface area contributed by atoms with Crippen LogP contribution in [0.4, 0.5) is 5.82 Å². The predicted octanol–water partition coefficient (Wildman–Crippen LogP) is 3.46. The number of thiophene rings is 1. The van der Waals surface area contributed by atoms with Crippen LogP contribution < -0.4 is 5.32 Å². The molecule has 4 rings (SSSR count). The highest BCUT2D eigenvalue weighted by Crippen LogP contribution is 2.28. The van der Waals surface area contributed by atoms with Crippen LogP contribution in [0.1, 0.15) is 10.5 Å². The first kappa shape index (κ1) is 13.9. The molecule has 0 fully saturated rings. The lowest BCUT2D eigenvalue weighted by molar-refractivity contribution is 0.102. The van der Waals surface area contributed by atoms with Crippen LogP contribution in [-0.4, -0.2) is 25.2 Å². The van der Waals surface area contributed by atoms with Crippen LogP contribution in [-0.2, 0) is 0 Å². The van der Waals surface area contributed by atoms with Gasteiger partial charge in [0.1, 0.15) is 22.0 Å². The Morgan fingerprint density at radius 1 is 1.09 bits per heavy atom. The molecular formula is C15H9N5OS2. The minimum absolute atomic E-state index is 0.288. The molecule has 4 aromatic rings. The van der Waals surface area contributed by atoms with Gasteiger partial charge in [-0.3, -0.25) is 9.78 Å². The molecule has 0 aromatic carbocycles. The maximum absolute atomic E-state index is 12.2. The average Bonchev–Trinajstić information content (AvgIpc) is 3.27. The molecule has 8 heteroatoms. The largest absolute Gasteiger partial charge is 0.305 e. The Balaban J connectivity index is 1.79. The van der Waals surface area contributed by atoms with Crippen LogP contribution >= 0.6 is 22.9 Å². The topological polar surface area (TPSA) is 80.7 Å². The normalized spacial score (nSPS) is 10.8. The Morgan fingerprint density at radius 3 is 2.83 bits per heavy atom. The zero-order chi connectivity index (χ0) is 15.6. The van der Waals surface area contributed by atoms with Gasteiger partial charge in [-0.05, 0) is 41.2 Å².